The number of nitrogens with one attached hydrogen (secondary N) is 1. The van der Waals surface area contributed by atoms with E-state index < -0.39 is 0 Å². The third-order valence-corrected chi connectivity index (χ3v) is 5.19. The van der Waals surface area contributed by atoms with E-state index in [2.05, 4.69) is 31.5 Å². The van der Waals surface area contributed by atoms with Crippen LogP contribution in [0.4, 0.5) is 5.69 Å². The van der Waals surface area contributed by atoms with E-state index in [0.29, 0.717) is 17.0 Å². The second kappa shape index (κ2) is 8.57. The van der Waals surface area contributed by atoms with Gasteiger partial charge in [-0.05, 0) is 43.3 Å². The molecule has 0 spiro atoms. The van der Waals surface area contributed by atoms with Crippen LogP contribution in [0, 0.1) is 0 Å². The molecule has 0 atom stereocenters. The van der Waals surface area contributed by atoms with Gasteiger partial charge in [-0.3, -0.25) is 9.59 Å². The molecule has 6 heteroatoms. The molecule has 3 rings (SSSR count). The number of ketones is 1. The van der Waals surface area contributed by atoms with Crippen LogP contribution in [-0.2, 0) is 10.2 Å². The van der Waals surface area contributed by atoms with Gasteiger partial charge in [-0.15, -0.1) is 11.3 Å². The highest BCUT2D eigenvalue weighted by Gasteiger charge is 2.18. The Morgan fingerprint density at radius 3 is 2.45 bits per heavy atom. The Morgan fingerprint density at radius 2 is 1.83 bits per heavy atom. The van der Waals surface area contributed by atoms with E-state index in [4.69, 9.17) is 9.72 Å². The van der Waals surface area contributed by atoms with Gasteiger partial charge in [0.25, 0.3) is 5.91 Å². The first kappa shape index (κ1) is 20.7. The first-order valence-electron chi connectivity index (χ1n) is 9.32. The average molecular weight is 409 g/mol. The molecule has 0 radical (unpaired) electrons. The summed E-state index contributed by atoms with van der Waals surface area (Å²) in [7, 11) is 0. The van der Waals surface area contributed by atoms with Gasteiger partial charge in [0.05, 0.1) is 5.69 Å². The lowest BCUT2D eigenvalue weighted by atomic mass is 9.93. The van der Waals surface area contributed by atoms with Crippen molar-refractivity contribution in [3.8, 4) is 16.3 Å². The van der Waals surface area contributed by atoms with E-state index in [1.165, 1.54) is 6.92 Å². The Kier molecular flexibility index (Phi) is 6.13. The van der Waals surface area contributed by atoms with Crippen molar-refractivity contribution in [3.05, 3.63) is 65.2 Å². The quantitative estimate of drug-likeness (QED) is 0.560. The summed E-state index contributed by atoms with van der Waals surface area (Å²) in [6.07, 6.45) is 0. The first-order chi connectivity index (χ1) is 13.7. The van der Waals surface area contributed by atoms with E-state index in [1.54, 1.807) is 35.6 Å². The van der Waals surface area contributed by atoms with Crippen molar-refractivity contribution in [2.75, 3.05) is 11.9 Å². The molecule has 1 aromatic heterocycles. The summed E-state index contributed by atoms with van der Waals surface area (Å²) >= 11 is 1.62. The fourth-order valence-electron chi connectivity index (χ4n) is 2.61. The standard InChI is InChI=1S/C23H24N2O3S/c1-15(26)17-6-5-7-18(12-17)24-21(27)13-28-19-10-8-16(9-11-19)22-25-20(14-29-22)23(2,3)4/h5-12,14H,13H2,1-4H3,(H,24,27). The summed E-state index contributed by atoms with van der Waals surface area (Å²) in [5.74, 6) is 0.269. The molecule has 5 nitrogen and oxygen atoms in total. The van der Waals surface area contributed by atoms with E-state index in [-0.39, 0.29) is 23.7 Å². The van der Waals surface area contributed by atoms with Gasteiger partial charge < -0.3 is 10.1 Å². The second-order valence-electron chi connectivity index (χ2n) is 7.79. The second-order valence-corrected chi connectivity index (χ2v) is 8.64. The Labute approximate surface area is 174 Å². The fraction of sp³-hybridized carbons (Fsp3) is 0.261. The molecule has 0 fully saturated rings. The smallest absolute Gasteiger partial charge is 0.262 e. The molecule has 29 heavy (non-hydrogen) atoms. The molecule has 0 aliphatic heterocycles. The third kappa shape index (κ3) is 5.51. The van der Waals surface area contributed by atoms with Crippen molar-refractivity contribution in [2.24, 2.45) is 0 Å². The van der Waals surface area contributed by atoms with Gasteiger partial charge in [0.2, 0.25) is 0 Å². The van der Waals surface area contributed by atoms with Gasteiger partial charge in [0, 0.05) is 27.6 Å². The molecular formula is C23H24N2O3S. The molecule has 0 bridgehead atoms. The van der Waals surface area contributed by atoms with Crippen LogP contribution in [0.15, 0.2) is 53.9 Å². The first-order valence-corrected chi connectivity index (χ1v) is 10.2. The molecule has 2 aromatic carbocycles. The molecule has 1 heterocycles. The molecular weight excluding hydrogens is 384 g/mol. The van der Waals surface area contributed by atoms with Crippen LogP contribution >= 0.6 is 11.3 Å². The number of benzene rings is 2. The minimum absolute atomic E-state index is 0.0229. The van der Waals surface area contributed by atoms with Gasteiger partial charge >= 0.3 is 0 Å². The minimum Gasteiger partial charge on any atom is -0.484 e. The summed E-state index contributed by atoms with van der Waals surface area (Å²) in [6.45, 7) is 7.80. The number of ether oxygens (including phenoxy) is 1. The zero-order valence-electron chi connectivity index (χ0n) is 17.0. The minimum atomic E-state index is -0.287. The SMILES string of the molecule is CC(=O)c1cccc(NC(=O)COc2ccc(-c3nc(C(C)(C)C)cs3)cc2)c1. The van der Waals surface area contributed by atoms with Crippen LogP contribution in [0.5, 0.6) is 5.75 Å². The van der Waals surface area contributed by atoms with Gasteiger partial charge in [-0.25, -0.2) is 4.98 Å². The van der Waals surface area contributed by atoms with Crippen molar-refractivity contribution in [3.63, 3.8) is 0 Å². The lowest BCUT2D eigenvalue weighted by Gasteiger charge is -2.14. The molecule has 1 amide bonds. The highest BCUT2D eigenvalue weighted by molar-refractivity contribution is 7.13. The average Bonchev–Trinajstić information content (AvgIpc) is 3.18. The van der Waals surface area contributed by atoms with Crippen molar-refractivity contribution < 1.29 is 14.3 Å². The number of amides is 1. The number of hydrogen-bond donors (Lipinski definition) is 1. The maximum atomic E-state index is 12.1. The summed E-state index contributed by atoms with van der Waals surface area (Å²) in [4.78, 5) is 28.3. The Bertz CT molecular complexity index is 1020. The number of hydrogen-bond acceptors (Lipinski definition) is 5. The topological polar surface area (TPSA) is 68.3 Å². The van der Waals surface area contributed by atoms with Crippen LogP contribution in [0.3, 0.4) is 0 Å². The number of rotatable bonds is 6. The number of nitrogens with zero attached hydrogens (tertiary/aromatic N) is 1. The maximum absolute atomic E-state index is 12.1. The van der Waals surface area contributed by atoms with Crippen molar-refractivity contribution in [2.45, 2.75) is 33.1 Å². The number of anilines is 1. The molecule has 0 saturated carbocycles. The van der Waals surface area contributed by atoms with Crippen molar-refractivity contribution in [1.82, 2.24) is 4.98 Å². The summed E-state index contributed by atoms with van der Waals surface area (Å²) in [6, 6.07) is 14.4. The highest BCUT2D eigenvalue weighted by Crippen LogP contribution is 2.30. The lowest BCUT2D eigenvalue weighted by Crippen LogP contribution is -2.20. The van der Waals surface area contributed by atoms with Gasteiger partial charge in [-0.2, -0.15) is 0 Å². The molecule has 3 aromatic rings. The van der Waals surface area contributed by atoms with Gasteiger partial charge in [0.1, 0.15) is 10.8 Å². The van der Waals surface area contributed by atoms with Crippen LogP contribution in [0.25, 0.3) is 10.6 Å². The van der Waals surface area contributed by atoms with Crippen molar-refractivity contribution in [1.29, 1.82) is 0 Å². The fourth-order valence-corrected chi connectivity index (χ4v) is 3.66. The number of aromatic nitrogens is 1. The van der Waals surface area contributed by atoms with Crippen molar-refractivity contribution >= 4 is 28.7 Å². The van der Waals surface area contributed by atoms with E-state index >= 15 is 0 Å². The number of thiazole rings is 1. The summed E-state index contributed by atoms with van der Waals surface area (Å²) < 4.78 is 5.57. The molecule has 0 aliphatic rings. The summed E-state index contributed by atoms with van der Waals surface area (Å²) in [5.41, 5.74) is 3.23. The predicted octanol–water partition coefficient (Wildman–Crippen LogP) is 5.33. The zero-order valence-corrected chi connectivity index (χ0v) is 17.8. The third-order valence-electron chi connectivity index (χ3n) is 4.30. The Balaban J connectivity index is 1.57. The number of carbonyl (C=O) groups is 2. The molecule has 0 unspecified atom stereocenters. The lowest BCUT2D eigenvalue weighted by molar-refractivity contribution is -0.118. The normalized spacial score (nSPS) is 11.2. The monoisotopic (exact) mass is 408 g/mol. The van der Waals surface area contributed by atoms with Crippen LogP contribution < -0.4 is 10.1 Å². The number of Topliss-reactive ketones (excluding diaryl/α,β-unsaturated/α-hetero) is 1. The Morgan fingerprint density at radius 1 is 1.10 bits per heavy atom. The van der Waals surface area contributed by atoms with Gasteiger partial charge in [0.15, 0.2) is 12.4 Å². The molecule has 0 aliphatic carbocycles. The highest BCUT2D eigenvalue weighted by atomic mass is 32.1. The largest absolute Gasteiger partial charge is 0.484 e. The predicted molar refractivity (Wildman–Crippen MR) is 117 cm³/mol. The van der Waals surface area contributed by atoms with E-state index in [9.17, 15) is 9.59 Å². The molecule has 0 saturated heterocycles. The van der Waals surface area contributed by atoms with Gasteiger partial charge in [-0.1, -0.05) is 32.9 Å². The van der Waals surface area contributed by atoms with E-state index in [0.717, 1.165) is 16.3 Å². The number of carbonyl (C=O) groups excluding carboxylic acids is 2. The van der Waals surface area contributed by atoms with Crippen LogP contribution in [0.1, 0.15) is 43.7 Å². The van der Waals surface area contributed by atoms with Crippen LogP contribution in [-0.4, -0.2) is 23.3 Å². The molecule has 1 N–H and O–H groups in total. The zero-order chi connectivity index (χ0) is 21.0. The Hall–Kier alpha value is -2.99. The van der Waals surface area contributed by atoms with E-state index in [1.807, 2.05) is 24.3 Å². The molecule has 150 valence electrons. The van der Waals surface area contributed by atoms with Crippen LogP contribution in [0.2, 0.25) is 0 Å². The maximum Gasteiger partial charge on any atom is 0.262 e. The summed E-state index contributed by atoms with van der Waals surface area (Å²) in [5, 5.41) is 5.79.